The van der Waals surface area contributed by atoms with E-state index in [0.29, 0.717) is 79.7 Å². The molecule has 1 saturated carbocycles. The summed E-state index contributed by atoms with van der Waals surface area (Å²) < 4.78 is 28.6. The molecule has 0 unspecified atom stereocenters. The molecule has 3 fully saturated rings. The van der Waals surface area contributed by atoms with E-state index in [1.54, 1.807) is 14.1 Å². The summed E-state index contributed by atoms with van der Waals surface area (Å²) in [7, 11) is 3.38. The number of nitrogens with two attached hydrogens (primary N) is 1. The zero-order valence-corrected chi connectivity index (χ0v) is 29.4. The number of carbonyl (C=O) groups is 1. The summed E-state index contributed by atoms with van der Waals surface area (Å²) in [6.07, 6.45) is 6.54. The van der Waals surface area contributed by atoms with Crippen LogP contribution in [-0.2, 0) is 30.9 Å². The van der Waals surface area contributed by atoms with Gasteiger partial charge in [0.25, 0.3) is 5.91 Å². The number of rotatable bonds is 7. The fourth-order valence-corrected chi connectivity index (χ4v) is 8.81. The summed E-state index contributed by atoms with van der Waals surface area (Å²) in [6.45, 7) is 3.91. The molecule has 0 radical (unpaired) electrons. The molecule has 2 aromatic heterocycles. The highest BCUT2D eigenvalue weighted by molar-refractivity contribution is 6.34. The Balaban J connectivity index is 1.16. The lowest BCUT2D eigenvalue weighted by molar-refractivity contribution is 0.0249. The first-order chi connectivity index (χ1) is 23.6. The molecule has 3 aromatic rings. The second-order valence-corrected chi connectivity index (χ2v) is 15.1. The van der Waals surface area contributed by atoms with Crippen molar-refractivity contribution in [2.75, 3.05) is 51.0 Å². The Kier molecular flexibility index (Phi) is 8.49. The van der Waals surface area contributed by atoms with Crippen molar-refractivity contribution in [3.05, 3.63) is 67.9 Å². The Hall–Kier alpha value is -3.45. The SMILES string of the molecule is CN(C)C(=O)c1nn2c(c1Cl)CN(c1nc(OC[C@@]34CCCN3C/C(=C\F)C4)nc3c1CO[C@H](c1cc(N)cc(Cl)c1C1CC1)C3)CCC2. The molecule has 1 aliphatic carbocycles. The Morgan fingerprint density at radius 2 is 2.02 bits per heavy atom. The topological polar surface area (TPSA) is 115 Å². The quantitative estimate of drug-likeness (QED) is 0.302. The Morgan fingerprint density at radius 3 is 2.80 bits per heavy atom. The molecule has 2 saturated heterocycles. The summed E-state index contributed by atoms with van der Waals surface area (Å²) in [4.78, 5) is 28.9. The van der Waals surface area contributed by atoms with Crippen molar-refractivity contribution in [3.63, 3.8) is 0 Å². The van der Waals surface area contributed by atoms with Crippen molar-refractivity contribution in [1.29, 1.82) is 0 Å². The number of benzene rings is 1. The number of amides is 1. The average Bonchev–Trinajstić information content (AvgIpc) is 3.71. The average molecular weight is 712 g/mol. The number of nitrogen functional groups attached to an aromatic ring is 1. The van der Waals surface area contributed by atoms with Crippen molar-refractivity contribution < 1.29 is 18.7 Å². The number of ether oxygens (including phenoxy) is 2. The molecule has 8 rings (SSSR count). The van der Waals surface area contributed by atoms with Crippen molar-refractivity contribution in [3.8, 4) is 6.01 Å². The van der Waals surface area contributed by atoms with Crippen LogP contribution in [0.5, 0.6) is 6.01 Å². The maximum atomic E-state index is 13.6. The number of nitrogens with zero attached hydrogens (tertiary/aromatic N) is 7. The lowest BCUT2D eigenvalue weighted by Crippen LogP contribution is -2.43. The summed E-state index contributed by atoms with van der Waals surface area (Å²) in [6, 6.07) is 4.10. The van der Waals surface area contributed by atoms with Gasteiger partial charge in [0, 0.05) is 56.4 Å². The van der Waals surface area contributed by atoms with Gasteiger partial charge in [-0.2, -0.15) is 15.1 Å². The van der Waals surface area contributed by atoms with Gasteiger partial charge in [-0.25, -0.2) is 4.39 Å². The number of aryl methyl sites for hydroxylation is 1. The minimum absolute atomic E-state index is 0.239. The fourth-order valence-electron chi connectivity index (χ4n) is 8.15. The van der Waals surface area contributed by atoms with E-state index >= 15 is 0 Å². The van der Waals surface area contributed by atoms with E-state index in [9.17, 15) is 9.18 Å². The van der Waals surface area contributed by atoms with Crippen LogP contribution in [0.15, 0.2) is 24.0 Å². The van der Waals surface area contributed by atoms with Gasteiger partial charge < -0.3 is 25.0 Å². The molecule has 4 aliphatic heterocycles. The van der Waals surface area contributed by atoms with Gasteiger partial charge in [-0.05, 0) is 79.8 Å². The third kappa shape index (κ3) is 5.94. The van der Waals surface area contributed by atoms with Crippen LogP contribution < -0.4 is 15.4 Å². The number of fused-ring (bicyclic) bond motifs is 3. The van der Waals surface area contributed by atoms with Gasteiger partial charge in [-0.1, -0.05) is 23.2 Å². The van der Waals surface area contributed by atoms with E-state index < -0.39 is 0 Å². The van der Waals surface area contributed by atoms with Gasteiger partial charge in [0.1, 0.15) is 12.4 Å². The number of carbonyl (C=O) groups excluding carboxylic acids is 1. The van der Waals surface area contributed by atoms with Gasteiger partial charge in [0.15, 0.2) is 5.69 Å². The first-order valence-corrected chi connectivity index (χ1v) is 17.9. The third-order valence-corrected chi connectivity index (χ3v) is 11.4. The van der Waals surface area contributed by atoms with Crippen LogP contribution in [0.25, 0.3) is 0 Å². The van der Waals surface area contributed by atoms with Crippen molar-refractivity contribution in [2.24, 2.45) is 0 Å². The van der Waals surface area contributed by atoms with E-state index in [1.807, 2.05) is 16.8 Å². The summed E-state index contributed by atoms with van der Waals surface area (Å²) in [5.41, 5.74) is 12.3. The van der Waals surface area contributed by atoms with Gasteiger partial charge in [-0.3, -0.25) is 14.4 Å². The van der Waals surface area contributed by atoms with Crippen LogP contribution in [0, 0.1) is 0 Å². The molecule has 2 N–H and O–H groups in total. The largest absolute Gasteiger partial charge is 0.461 e. The van der Waals surface area contributed by atoms with Crippen LogP contribution in [0.1, 0.15) is 89.1 Å². The van der Waals surface area contributed by atoms with E-state index in [2.05, 4.69) is 14.9 Å². The van der Waals surface area contributed by atoms with E-state index in [4.69, 9.17) is 48.4 Å². The second kappa shape index (κ2) is 12.7. The highest BCUT2D eigenvalue weighted by Gasteiger charge is 2.47. The molecule has 260 valence electrons. The van der Waals surface area contributed by atoms with Gasteiger partial charge in [0.05, 0.1) is 47.5 Å². The van der Waals surface area contributed by atoms with E-state index in [1.165, 1.54) is 4.90 Å². The van der Waals surface area contributed by atoms with Crippen molar-refractivity contribution >= 4 is 40.6 Å². The monoisotopic (exact) mass is 710 g/mol. The fraction of sp³-hybridized carbons (Fsp3) is 0.543. The zero-order chi connectivity index (χ0) is 34.0. The van der Waals surface area contributed by atoms with Crippen LogP contribution in [-0.4, -0.2) is 81.3 Å². The standard InChI is InChI=1S/C35H41Cl2FN8O3/c1-43(2)33(47)31-30(37)27-17-44(8-4-10-46(27)42-31)32-24-18-48-28(23-11-22(39)12-25(36)29(23)21-5-6-21)13-26(24)40-34(41-32)49-19-35-7-3-9-45(35)16-20(14-35)15-38/h11-12,15,21,28H,3-10,13-14,16-19,39H2,1-2H3/b20-15-/t28-,35-/m0/s1. The Bertz CT molecular complexity index is 1850. The van der Waals surface area contributed by atoms with Crippen molar-refractivity contribution in [1.82, 2.24) is 29.5 Å². The molecule has 2 atom stereocenters. The predicted molar refractivity (Wildman–Crippen MR) is 185 cm³/mol. The van der Waals surface area contributed by atoms with Crippen molar-refractivity contribution in [2.45, 2.75) is 82.2 Å². The molecule has 0 spiro atoms. The number of aromatic nitrogens is 4. The maximum Gasteiger partial charge on any atom is 0.318 e. The summed E-state index contributed by atoms with van der Waals surface area (Å²) in [5.74, 6) is 0.887. The molecule has 11 nitrogen and oxygen atoms in total. The minimum atomic E-state index is -0.282. The zero-order valence-electron chi connectivity index (χ0n) is 27.9. The first kappa shape index (κ1) is 32.7. The van der Waals surface area contributed by atoms with E-state index in [0.717, 1.165) is 78.6 Å². The summed E-state index contributed by atoms with van der Waals surface area (Å²) in [5, 5.41) is 5.63. The Labute approximate surface area is 295 Å². The number of hydrogen-bond donors (Lipinski definition) is 1. The predicted octanol–water partition coefficient (Wildman–Crippen LogP) is 5.84. The molecule has 1 amide bonds. The normalized spacial score (nSPS) is 24.5. The van der Waals surface area contributed by atoms with E-state index in [-0.39, 0.29) is 29.3 Å². The van der Waals surface area contributed by atoms with Crippen LogP contribution in [0.4, 0.5) is 15.9 Å². The molecular formula is C35H41Cl2FN8O3. The number of anilines is 2. The smallest absolute Gasteiger partial charge is 0.318 e. The molecule has 49 heavy (non-hydrogen) atoms. The third-order valence-electron chi connectivity index (χ3n) is 10.7. The lowest BCUT2D eigenvalue weighted by Gasteiger charge is -2.33. The lowest BCUT2D eigenvalue weighted by atomic mass is 9.92. The molecule has 6 heterocycles. The van der Waals surface area contributed by atoms with Crippen LogP contribution in [0.2, 0.25) is 10.0 Å². The molecular weight excluding hydrogens is 670 g/mol. The molecule has 5 aliphatic rings. The molecule has 1 aromatic carbocycles. The number of hydrogen-bond acceptors (Lipinski definition) is 9. The second-order valence-electron chi connectivity index (χ2n) is 14.3. The minimum Gasteiger partial charge on any atom is -0.461 e. The van der Waals surface area contributed by atoms with Gasteiger partial charge in [0.2, 0.25) is 0 Å². The molecule has 14 heteroatoms. The first-order valence-electron chi connectivity index (χ1n) is 17.1. The molecule has 0 bridgehead atoms. The Morgan fingerprint density at radius 1 is 1.18 bits per heavy atom. The maximum absolute atomic E-state index is 13.6. The highest BCUT2D eigenvalue weighted by atomic mass is 35.5. The number of halogens is 3. The summed E-state index contributed by atoms with van der Waals surface area (Å²) >= 11 is 13.6. The van der Waals surface area contributed by atoms with Gasteiger partial charge >= 0.3 is 6.01 Å². The van der Waals surface area contributed by atoms with Crippen LogP contribution in [0.3, 0.4) is 0 Å². The van der Waals surface area contributed by atoms with Gasteiger partial charge in [-0.15, -0.1) is 0 Å². The highest BCUT2D eigenvalue weighted by Crippen LogP contribution is 2.49. The van der Waals surface area contributed by atoms with Crippen LogP contribution >= 0.6 is 23.2 Å².